The van der Waals surface area contributed by atoms with E-state index in [0.29, 0.717) is 13.1 Å². The maximum absolute atomic E-state index is 14.8. The number of anilines is 1. The van der Waals surface area contributed by atoms with Gasteiger partial charge in [0.15, 0.2) is 5.82 Å². The van der Waals surface area contributed by atoms with Gasteiger partial charge in [0.2, 0.25) is 10.0 Å². The van der Waals surface area contributed by atoms with Crippen molar-refractivity contribution in [2.45, 2.75) is 18.7 Å². The molecular formula is C15H21FN2O5S. The molecule has 1 aromatic carbocycles. The molecule has 0 aliphatic carbocycles. The first-order chi connectivity index (χ1) is 11.3. The van der Waals surface area contributed by atoms with Gasteiger partial charge in [0.1, 0.15) is 10.5 Å². The van der Waals surface area contributed by atoms with Crippen molar-refractivity contribution in [3.63, 3.8) is 0 Å². The number of rotatable bonds is 6. The molecule has 0 radical (unpaired) electrons. The van der Waals surface area contributed by atoms with Crippen LogP contribution in [-0.2, 0) is 14.8 Å². The Labute approximate surface area is 140 Å². The van der Waals surface area contributed by atoms with Gasteiger partial charge >= 0.3 is 5.97 Å². The van der Waals surface area contributed by atoms with Crippen molar-refractivity contribution in [2.75, 3.05) is 44.3 Å². The highest BCUT2D eigenvalue weighted by atomic mass is 32.2. The first-order valence-corrected chi connectivity index (χ1v) is 9.17. The van der Waals surface area contributed by atoms with E-state index in [1.54, 1.807) is 4.90 Å². The Hall–Kier alpha value is -1.71. The Morgan fingerprint density at radius 1 is 1.29 bits per heavy atom. The van der Waals surface area contributed by atoms with Crippen molar-refractivity contribution in [1.29, 1.82) is 0 Å². The van der Waals surface area contributed by atoms with Crippen LogP contribution in [0.2, 0.25) is 0 Å². The van der Waals surface area contributed by atoms with Crippen molar-refractivity contribution in [3.8, 4) is 0 Å². The fraction of sp³-hybridized carbons (Fsp3) is 0.533. The fourth-order valence-electron chi connectivity index (χ4n) is 2.70. The number of hydrogen-bond donors (Lipinski definition) is 1. The van der Waals surface area contributed by atoms with Crippen LogP contribution < -0.4 is 4.90 Å². The molecule has 24 heavy (non-hydrogen) atoms. The minimum absolute atomic E-state index is 0.113. The maximum Gasteiger partial charge on any atom is 0.340 e. The van der Waals surface area contributed by atoms with Crippen molar-refractivity contribution in [3.05, 3.63) is 23.5 Å². The highest BCUT2D eigenvalue weighted by Crippen LogP contribution is 2.30. The van der Waals surface area contributed by atoms with Crippen LogP contribution in [0.4, 0.5) is 10.1 Å². The molecule has 0 bridgehead atoms. The molecule has 1 heterocycles. The third-order valence-corrected chi connectivity index (χ3v) is 5.91. The van der Waals surface area contributed by atoms with Crippen molar-refractivity contribution < 1.29 is 27.4 Å². The number of morpholine rings is 1. The number of carboxylic acid groups (broad SMARTS) is 1. The summed E-state index contributed by atoms with van der Waals surface area (Å²) in [6, 6.07) is 2.49. The van der Waals surface area contributed by atoms with Gasteiger partial charge in [-0.2, -0.15) is 4.31 Å². The van der Waals surface area contributed by atoms with E-state index in [2.05, 4.69) is 0 Å². The van der Waals surface area contributed by atoms with Crippen LogP contribution in [-0.4, -0.2) is 63.2 Å². The molecule has 0 spiro atoms. The lowest BCUT2D eigenvalue weighted by Crippen LogP contribution is -2.41. The van der Waals surface area contributed by atoms with Gasteiger partial charge in [-0.25, -0.2) is 17.6 Å². The Kier molecular flexibility index (Phi) is 5.79. The number of nitrogens with zero attached hydrogens (tertiary/aromatic N) is 2. The number of sulfonamides is 1. The molecule has 1 saturated heterocycles. The fourth-order valence-corrected chi connectivity index (χ4v) is 4.18. The number of ether oxygens (including phenoxy) is 1. The van der Waals surface area contributed by atoms with Crippen molar-refractivity contribution in [1.82, 2.24) is 4.31 Å². The molecule has 1 aromatic rings. The van der Waals surface area contributed by atoms with Crippen LogP contribution in [0.5, 0.6) is 0 Å². The van der Waals surface area contributed by atoms with Crippen molar-refractivity contribution in [2.24, 2.45) is 0 Å². The predicted molar refractivity (Wildman–Crippen MR) is 86.5 cm³/mol. The molecule has 0 atom stereocenters. The van der Waals surface area contributed by atoms with E-state index in [-0.39, 0.29) is 32.0 Å². The average molecular weight is 360 g/mol. The molecule has 1 aliphatic heterocycles. The zero-order chi connectivity index (χ0) is 17.9. The van der Waals surface area contributed by atoms with Gasteiger partial charge in [-0.15, -0.1) is 0 Å². The first-order valence-electron chi connectivity index (χ1n) is 7.73. The lowest BCUT2D eigenvalue weighted by molar-refractivity contribution is 0.0690. The first kappa shape index (κ1) is 18.6. The van der Waals surface area contributed by atoms with E-state index in [9.17, 15) is 22.7 Å². The number of carbonyl (C=O) groups is 1. The average Bonchev–Trinajstić information content (AvgIpc) is 2.56. The number of benzene rings is 1. The Bertz CT molecular complexity index is 713. The Morgan fingerprint density at radius 2 is 1.88 bits per heavy atom. The molecule has 9 heteroatoms. The zero-order valence-corrected chi connectivity index (χ0v) is 14.5. The minimum atomic E-state index is -4.11. The predicted octanol–water partition coefficient (Wildman–Crippen LogP) is 1.39. The van der Waals surface area contributed by atoms with Gasteiger partial charge in [-0.1, -0.05) is 0 Å². The highest BCUT2D eigenvalue weighted by molar-refractivity contribution is 7.89. The summed E-state index contributed by atoms with van der Waals surface area (Å²) in [4.78, 5) is 12.6. The minimum Gasteiger partial charge on any atom is -0.478 e. The highest BCUT2D eigenvalue weighted by Gasteiger charge is 2.33. The molecule has 2 rings (SSSR count). The molecule has 0 saturated carbocycles. The van der Waals surface area contributed by atoms with Crippen LogP contribution in [0.1, 0.15) is 24.2 Å². The molecule has 134 valence electrons. The smallest absolute Gasteiger partial charge is 0.340 e. The number of halogens is 1. The Balaban J connectivity index is 2.57. The zero-order valence-electron chi connectivity index (χ0n) is 13.7. The molecule has 1 aliphatic rings. The normalized spacial score (nSPS) is 16.1. The molecule has 0 aromatic heterocycles. The number of aromatic carboxylic acids is 1. The lowest BCUT2D eigenvalue weighted by Gasteiger charge is -2.27. The van der Waals surface area contributed by atoms with Gasteiger partial charge in [0, 0.05) is 26.2 Å². The summed E-state index contributed by atoms with van der Waals surface area (Å²) in [6.45, 7) is 5.26. The Morgan fingerprint density at radius 3 is 2.38 bits per heavy atom. The third-order valence-electron chi connectivity index (χ3n) is 3.99. The molecule has 7 nitrogen and oxygen atoms in total. The number of hydrogen-bond acceptors (Lipinski definition) is 5. The second-order valence-corrected chi connectivity index (χ2v) is 7.17. The second-order valence-electron chi connectivity index (χ2n) is 5.27. The maximum atomic E-state index is 14.8. The van der Waals surface area contributed by atoms with Crippen LogP contribution in [0.3, 0.4) is 0 Å². The third kappa shape index (κ3) is 3.38. The molecule has 0 unspecified atom stereocenters. The van der Waals surface area contributed by atoms with E-state index >= 15 is 0 Å². The summed E-state index contributed by atoms with van der Waals surface area (Å²) in [5, 5.41) is 9.39. The molecule has 1 fully saturated rings. The monoisotopic (exact) mass is 360 g/mol. The van der Waals surface area contributed by atoms with Gasteiger partial charge in [0.05, 0.1) is 18.9 Å². The summed E-state index contributed by atoms with van der Waals surface area (Å²) < 4.78 is 46.3. The largest absolute Gasteiger partial charge is 0.478 e. The summed E-state index contributed by atoms with van der Waals surface area (Å²) in [5.74, 6) is -2.72. The van der Waals surface area contributed by atoms with Gasteiger partial charge < -0.3 is 14.7 Å². The van der Waals surface area contributed by atoms with Crippen LogP contribution >= 0.6 is 0 Å². The molecule has 0 amide bonds. The summed E-state index contributed by atoms with van der Waals surface area (Å²) >= 11 is 0. The SMILES string of the molecule is CCN(CC)c1ccc(S(=O)(=O)N2CCOCC2)c(F)c1C(=O)O. The van der Waals surface area contributed by atoms with Crippen LogP contribution in [0.15, 0.2) is 17.0 Å². The second kappa shape index (κ2) is 7.45. The van der Waals surface area contributed by atoms with E-state index in [1.165, 1.54) is 6.07 Å². The van der Waals surface area contributed by atoms with E-state index in [1.807, 2.05) is 13.8 Å². The summed E-state index contributed by atoms with van der Waals surface area (Å²) in [5.41, 5.74) is -0.445. The lowest BCUT2D eigenvalue weighted by atomic mass is 10.1. The topological polar surface area (TPSA) is 87.2 Å². The van der Waals surface area contributed by atoms with Crippen LogP contribution in [0, 0.1) is 5.82 Å². The van der Waals surface area contributed by atoms with E-state index < -0.39 is 32.3 Å². The van der Waals surface area contributed by atoms with Gasteiger partial charge in [0.25, 0.3) is 0 Å². The summed E-state index contributed by atoms with van der Waals surface area (Å²) in [6.07, 6.45) is 0. The van der Waals surface area contributed by atoms with Gasteiger partial charge in [-0.05, 0) is 26.0 Å². The summed E-state index contributed by atoms with van der Waals surface area (Å²) in [7, 11) is -4.11. The quantitative estimate of drug-likeness (QED) is 0.825. The molecule has 1 N–H and O–H groups in total. The number of carboxylic acids is 1. The van der Waals surface area contributed by atoms with Gasteiger partial charge in [-0.3, -0.25) is 0 Å². The van der Waals surface area contributed by atoms with Crippen LogP contribution in [0.25, 0.3) is 0 Å². The molecular weight excluding hydrogens is 339 g/mol. The van der Waals surface area contributed by atoms with E-state index in [0.717, 1.165) is 10.4 Å². The van der Waals surface area contributed by atoms with E-state index in [4.69, 9.17) is 4.74 Å². The van der Waals surface area contributed by atoms with Crippen molar-refractivity contribution >= 4 is 21.7 Å². The standard InChI is InChI=1S/C15H21FN2O5S/c1-3-17(4-2)11-5-6-12(14(16)13(11)15(19)20)24(21,22)18-7-9-23-10-8-18/h5-6H,3-4,7-10H2,1-2H3,(H,19,20).